The van der Waals surface area contributed by atoms with Crippen LogP contribution in [0.3, 0.4) is 0 Å². The molecule has 0 fully saturated rings. The molecule has 2 aromatic heterocycles. The summed E-state index contributed by atoms with van der Waals surface area (Å²) in [7, 11) is 0. The van der Waals surface area contributed by atoms with Gasteiger partial charge in [0.2, 0.25) is 0 Å². The van der Waals surface area contributed by atoms with Gasteiger partial charge in [-0.3, -0.25) is 0 Å². The number of nitrogen functional groups attached to an aromatic ring is 1. The molecule has 0 saturated heterocycles. The molecule has 0 aliphatic heterocycles. The first kappa shape index (κ1) is 10.3. The molecular weight excluding hydrogens is 226 g/mol. The van der Waals surface area contributed by atoms with E-state index >= 15 is 0 Å². The van der Waals surface area contributed by atoms with Crippen LogP contribution in [0.4, 0.5) is 0 Å². The fourth-order valence-electron chi connectivity index (χ4n) is 1.63. The van der Waals surface area contributed by atoms with E-state index in [9.17, 15) is 0 Å². The van der Waals surface area contributed by atoms with Gasteiger partial charge in [-0.2, -0.15) is 4.79 Å². The summed E-state index contributed by atoms with van der Waals surface area (Å²) in [5, 5.41) is 4.88. The number of rotatable bonds is 0. The van der Waals surface area contributed by atoms with Gasteiger partial charge in [0.25, 0.3) is 0 Å². The maximum absolute atomic E-state index is 5.69. The van der Waals surface area contributed by atoms with Crippen molar-refractivity contribution >= 4 is 11.0 Å². The zero-order valence-electron chi connectivity index (χ0n) is 9.41. The zero-order chi connectivity index (χ0) is 12.4. The number of hydrogen-bond acceptors (Lipinski definition) is 4. The van der Waals surface area contributed by atoms with Crippen LogP contribution in [0.5, 0.6) is 0 Å². The number of benzene rings is 1. The number of fused-ring (bicyclic) bond motifs is 1. The van der Waals surface area contributed by atoms with Gasteiger partial charge in [-0.05, 0) is 18.1 Å². The van der Waals surface area contributed by atoms with E-state index in [0.717, 1.165) is 10.9 Å². The number of hydrogen-bond donors (Lipinski definition) is 1. The van der Waals surface area contributed by atoms with Gasteiger partial charge in [-0.25, -0.2) is 9.97 Å². The molecule has 0 unspecified atom stereocenters. The molecular formula is C13H9N5. The smallest absolute Gasteiger partial charge is 0.184 e. The van der Waals surface area contributed by atoms with Gasteiger partial charge in [0.1, 0.15) is 12.0 Å². The normalized spacial score (nSPS) is 10.0. The van der Waals surface area contributed by atoms with Crippen LogP contribution in [0.1, 0.15) is 11.3 Å². The van der Waals surface area contributed by atoms with Crippen molar-refractivity contribution in [2.45, 2.75) is 0 Å². The first-order valence-electron chi connectivity index (χ1n) is 5.35. The van der Waals surface area contributed by atoms with Crippen molar-refractivity contribution in [1.82, 2.24) is 19.9 Å². The third-order valence-electron chi connectivity index (χ3n) is 2.47. The van der Waals surface area contributed by atoms with Crippen LogP contribution in [-0.2, 0) is 0 Å². The van der Waals surface area contributed by atoms with Crippen molar-refractivity contribution < 1.29 is 0 Å². The summed E-state index contributed by atoms with van der Waals surface area (Å²) in [6.07, 6.45) is 3.09. The van der Waals surface area contributed by atoms with Gasteiger partial charge < -0.3 is 5.84 Å². The predicted molar refractivity (Wildman–Crippen MR) is 67.9 cm³/mol. The van der Waals surface area contributed by atoms with E-state index in [2.05, 4.69) is 26.9 Å². The molecule has 0 bridgehead atoms. The topological polar surface area (TPSA) is 69.6 Å². The van der Waals surface area contributed by atoms with Crippen LogP contribution in [0.15, 0.2) is 42.9 Å². The third-order valence-corrected chi connectivity index (χ3v) is 2.47. The molecule has 86 valence electrons. The first-order chi connectivity index (χ1) is 8.84. The second-order valence-corrected chi connectivity index (χ2v) is 3.67. The molecule has 0 radical (unpaired) electrons. The molecule has 18 heavy (non-hydrogen) atoms. The van der Waals surface area contributed by atoms with E-state index in [1.54, 1.807) is 6.20 Å². The van der Waals surface area contributed by atoms with Crippen LogP contribution in [0.2, 0.25) is 0 Å². The largest absolute Gasteiger partial charge is 0.321 e. The Morgan fingerprint density at radius 1 is 1.11 bits per heavy atom. The van der Waals surface area contributed by atoms with Crippen LogP contribution >= 0.6 is 0 Å². The molecule has 0 aliphatic carbocycles. The minimum Gasteiger partial charge on any atom is -0.321 e. The quantitative estimate of drug-likeness (QED) is 0.465. The van der Waals surface area contributed by atoms with Crippen molar-refractivity contribution in [3.63, 3.8) is 0 Å². The average Bonchev–Trinajstić information content (AvgIpc) is 2.75. The summed E-state index contributed by atoms with van der Waals surface area (Å²) in [6, 6.07) is 9.69. The summed E-state index contributed by atoms with van der Waals surface area (Å²) < 4.78 is 0. The van der Waals surface area contributed by atoms with Crippen molar-refractivity contribution in [3.05, 3.63) is 54.1 Å². The Morgan fingerprint density at radius 3 is 2.78 bits per heavy atom. The Bertz CT molecular complexity index is 749. The van der Waals surface area contributed by atoms with Crippen molar-refractivity contribution in [1.29, 1.82) is 0 Å². The highest BCUT2D eigenvalue weighted by molar-refractivity contribution is 5.80. The Labute approximate surface area is 103 Å². The van der Waals surface area contributed by atoms with E-state index in [1.165, 1.54) is 11.1 Å². The Kier molecular flexibility index (Phi) is 2.39. The molecule has 3 aromatic rings. The van der Waals surface area contributed by atoms with E-state index in [-0.39, 0.29) is 0 Å². The third kappa shape index (κ3) is 1.76. The summed E-state index contributed by atoms with van der Waals surface area (Å²) in [4.78, 5) is 9.22. The molecule has 0 amide bonds. The molecule has 0 spiro atoms. The fourth-order valence-corrected chi connectivity index (χ4v) is 1.63. The molecule has 2 N–H and O–H groups in total. The molecule has 3 rings (SSSR count). The van der Waals surface area contributed by atoms with Gasteiger partial charge in [0, 0.05) is 11.8 Å². The first-order valence-corrected chi connectivity index (χ1v) is 5.35. The van der Waals surface area contributed by atoms with Gasteiger partial charge >= 0.3 is 0 Å². The summed E-state index contributed by atoms with van der Waals surface area (Å²) >= 11 is 0. The second-order valence-electron chi connectivity index (χ2n) is 3.67. The minimum absolute atomic E-state index is 0.572. The van der Waals surface area contributed by atoms with Gasteiger partial charge in [0.15, 0.2) is 5.65 Å². The minimum atomic E-state index is 0.572. The van der Waals surface area contributed by atoms with Gasteiger partial charge in [0.05, 0.1) is 5.39 Å². The Morgan fingerprint density at radius 2 is 1.94 bits per heavy atom. The number of nitrogens with zero attached hydrogens (tertiary/aromatic N) is 4. The van der Waals surface area contributed by atoms with Crippen LogP contribution < -0.4 is 5.84 Å². The zero-order valence-corrected chi connectivity index (χ0v) is 9.41. The summed E-state index contributed by atoms with van der Waals surface area (Å²) in [5.74, 6) is 11.7. The maximum atomic E-state index is 5.69. The summed E-state index contributed by atoms with van der Waals surface area (Å²) in [5.41, 5.74) is 2.08. The van der Waals surface area contributed by atoms with Gasteiger partial charge in [-0.15, -0.1) is 5.10 Å². The lowest BCUT2D eigenvalue weighted by molar-refractivity contribution is 0.843. The lowest BCUT2D eigenvalue weighted by Gasteiger charge is -1.88. The number of aromatic nitrogens is 4. The predicted octanol–water partition coefficient (Wildman–Crippen LogP) is 0.940. The monoisotopic (exact) mass is 235 g/mol. The fraction of sp³-hybridized carbons (Fsp3) is 0. The molecule has 5 nitrogen and oxygen atoms in total. The summed E-state index contributed by atoms with van der Waals surface area (Å²) in [6.45, 7) is 0. The second kappa shape index (κ2) is 4.18. The molecule has 0 atom stereocenters. The Hall–Kier alpha value is -2.87. The lowest BCUT2D eigenvalue weighted by atomic mass is 10.2. The standard InChI is InChI=1S/C13H9N5/c14-18-13-11(8-15-9-16-13)12(17-18)7-6-10-4-2-1-3-5-10/h1-5,8-9H,14H2. The van der Waals surface area contributed by atoms with Crippen LogP contribution in [-0.4, -0.2) is 19.9 Å². The van der Waals surface area contributed by atoms with E-state index in [1.807, 2.05) is 30.3 Å². The van der Waals surface area contributed by atoms with Crippen LogP contribution in [0, 0.1) is 11.8 Å². The van der Waals surface area contributed by atoms with E-state index < -0.39 is 0 Å². The highest BCUT2D eigenvalue weighted by atomic mass is 15.5. The highest BCUT2D eigenvalue weighted by Gasteiger charge is 2.07. The van der Waals surface area contributed by atoms with Crippen molar-refractivity contribution in [3.8, 4) is 11.8 Å². The maximum Gasteiger partial charge on any atom is 0.184 e. The van der Waals surface area contributed by atoms with E-state index in [0.29, 0.717) is 11.3 Å². The average molecular weight is 235 g/mol. The van der Waals surface area contributed by atoms with Crippen molar-refractivity contribution in [2.24, 2.45) is 0 Å². The molecule has 1 aromatic carbocycles. The SMILES string of the molecule is Nn1nc(C#Cc2ccccc2)c2cncnc21. The Balaban J connectivity index is 2.09. The van der Waals surface area contributed by atoms with Crippen molar-refractivity contribution in [2.75, 3.05) is 5.84 Å². The molecule has 5 heteroatoms. The van der Waals surface area contributed by atoms with E-state index in [4.69, 9.17) is 5.84 Å². The van der Waals surface area contributed by atoms with Crippen LogP contribution in [0.25, 0.3) is 11.0 Å². The molecule has 0 aliphatic rings. The lowest BCUT2D eigenvalue weighted by Crippen LogP contribution is -2.10. The molecule has 2 heterocycles. The number of nitrogens with two attached hydrogens (primary N) is 1. The van der Waals surface area contributed by atoms with Gasteiger partial charge in [-0.1, -0.05) is 24.1 Å². The highest BCUT2D eigenvalue weighted by Crippen LogP contribution is 2.11. The molecule has 0 saturated carbocycles.